The summed E-state index contributed by atoms with van der Waals surface area (Å²) in [7, 11) is 0. The van der Waals surface area contributed by atoms with E-state index < -0.39 is 5.97 Å². The number of nitrogens with zero attached hydrogens (tertiary/aromatic N) is 2. The molecule has 2 aromatic heterocycles. The van der Waals surface area contributed by atoms with Crippen molar-refractivity contribution in [3.8, 4) is 0 Å². The fourth-order valence-corrected chi connectivity index (χ4v) is 3.17. The van der Waals surface area contributed by atoms with E-state index in [1.807, 2.05) is 55.6 Å². The van der Waals surface area contributed by atoms with Crippen LogP contribution in [0.15, 0.2) is 54.9 Å². The Bertz CT molecular complexity index is 977. The molecule has 0 aliphatic heterocycles. The van der Waals surface area contributed by atoms with Crippen molar-refractivity contribution in [3.05, 3.63) is 71.7 Å². The molecule has 1 unspecified atom stereocenters. The molecule has 1 aliphatic rings. The van der Waals surface area contributed by atoms with Crippen LogP contribution in [0.1, 0.15) is 40.5 Å². The molecule has 6 nitrogen and oxygen atoms in total. The first-order valence-electron chi connectivity index (χ1n) is 9.07. The molecular weight excluding hydrogens is 342 g/mol. The topological polar surface area (TPSA) is 72.7 Å². The molecule has 1 aliphatic carbocycles. The number of nitrogens with one attached hydrogen (secondary N) is 1. The van der Waals surface area contributed by atoms with E-state index in [0.717, 1.165) is 24.0 Å². The van der Waals surface area contributed by atoms with Gasteiger partial charge in [-0.15, -0.1) is 0 Å². The van der Waals surface area contributed by atoms with Crippen molar-refractivity contribution < 1.29 is 14.3 Å². The van der Waals surface area contributed by atoms with Crippen molar-refractivity contribution in [3.63, 3.8) is 0 Å². The Balaban J connectivity index is 1.37. The Morgan fingerprint density at radius 2 is 2.04 bits per heavy atom. The number of pyridine rings is 1. The summed E-state index contributed by atoms with van der Waals surface area (Å²) in [6.07, 6.45) is 5.63. The molecule has 0 bridgehead atoms. The van der Waals surface area contributed by atoms with Gasteiger partial charge in [0.2, 0.25) is 0 Å². The number of esters is 1. The van der Waals surface area contributed by atoms with Crippen LogP contribution in [0.4, 0.5) is 0 Å². The maximum atomic E-state index is 12.3. The lowest BCUT2D eigenvalue weighted by Gasteiger charge is -2.18. The van der Waals surface area contributed by atoms with Crippen molar-refractivity contribution in [2.45, 2.75) is 25.8 Å². The van der Waals surface area contributed by atoms with Gasteiger partial charge in [-0.05, 0) is 48.9 Å². The summed E-state index contributed by atoms with van der Waals surface area (Å²) in [6.45, 7) is 1.64. The van der Waals surface area contributed by atoms with E-state index in [-0.39, 0.29) is 24.2 Å². The van der Waals surface area contributed by atoms with Gasteiger partial charge in [-0.3, -0.25) is 4.79 Å². The third-order valence-electron chi connectivity index (χ3n) is 4.73. The van der Waals surface area contributed by atoms with Crippen molar-refractivity contribution in [1.82, 2.24) is 14.7 Å². The number of hydrogen-bond acceptors (Lipinski definition) is 4. The minimum atomic E-state index is -0.603. The normalized spacial score (nSPS) is 14.7. The van der Waals surface area contributed by atoms with Crippen LogP contribution in [0.2, 0.25) is 0 Å². The largest absolute Gasteiger partial charge is 0.451 e. The third kappa shape index (κ3) is 4.00. The van der Waals surface area contributed by atoms with Crippen molar-refractivity contribution in [2.75, 3.05) is 6.61 Å². The summed E-state index contributed by atoms with van der Waals surface area (Å²) in [6, 6.07) is 13.7. The van der Waals surface area contributed by atoms with E-state index in [4.69, 9.17) is 4.74 Å². The molecule has 1 N–H and O–H groups in total. The number of carbonyl (C=O) groups is 2. The van der Waals surface area contributed by atoms with E-state index in [2.05, 4.69) is 10.3 Å². The Kier molecular flexibility index (Phi) is 4.62. The average molecular weight is 363 g/mol. The van der Waals surface area contributed by atoms with Gasteiger partial charge >= 0.3 is 5.97 Å². The predicted octanol–water partition coefficient (Wildman–Crippen LogP) is 3.07. The number of aryl methyl sites for hydroxylation is 1. The Hall–Kier alpha value is -3.15. The zero-order chi connectivity index (χ0) is 18.8. The number of amides is 1. The molecule has 3 aromatic rings. The summed E-state index contributed by atoms with van der Waals surface area (Å²) in [4.78, 5) is 28.8. The number of imidazole rings is 1. The second-order valence-electron chi connectivity index (χ2n) is 6.97. The lowest BCUT2D eigenvalue weighted by Crippen LogP contribution is -2.33. The van der Waals surface area contributed by atoms with Crippen LogP contribution >= 0.6 is 0 Å². The zero-order valence-corrected chi connectivity index (χ0v) is 15.1. The first kappa shape index (κ1) is 17.3. The van der Waals surface area contributed by atoms with Crippen LogP contribution in [0.3, 0.4) is 0 Å². The van der Waals surface area contributed by atoms with Gasteiger partial charge in [0.25, 0.3) is 5.91 Å². The molecule has 0 spiro atoms. The smallest absolute Gasteiger partial charge is 0.359 e. The molecule has 0 saturated heterocycles. The summed E-state index contributed by atoms with van der Waals surface area (Å²) in [5.41, 5.74) is 2.99. The third-order valence-corrected chi connectivity index (χ3v) is 4.73. The van der Waals surface area contributed by atoms with Gasteiger partial charge in [-0.1, -0.05) is 30.3 Å². The molecular formula is C21H21N3O3. The molecule has 6 heteroatoms. The van der Waals surface area contributed by atoms with E-state index in [0.29, 0.717) is 11.6 Å². The van der Waals surface area contributed by atoms with Crippen LogP contribution in [-0.4, -0.2) is 27.9 Å². The van der Waals surface area contributed by atoms with Gasteiger partial charge in [0.15, 0.2) is 12.3 Å². The van der Waals surface area contributed by atoms with Crippen LogP contribution < -0.4 is 5.32 Å². The summed E-state index contributed by atoms with van der Waals surface area (Å²) >= 11 is 0. The van der Waals surface area contributed by atoms with Gasteiger partial charge in [-0.25, -0.2) is 9.78 Å². The molecule has 4 rings (SSSR count). The maximum Gasteiger partial charge on any atom is 0.359 e. The molecule has 1 aromatic carbocycles. The maximum absolute atomic E-state index is 12.3. The SMILES string of the molecule is Cc1ccn2cc(C(=O)OCC(=O)NC(c3ccccc3)C3CC3)nc2c1. The Labute approximate surface area is 157 Å². The molecule has 1 atom stereocenters. The number of rotatable bonds is 6. The molecule has 138 valence electrons. The highest BCUT2D eigenvalue weighted by molar-refractivity contribution is 5.90. The minimum absolute atomic E-state index is 0.0319. The van der Waals surface area contributed by atoms with Crippen LogP contribution in [0, 0.1) is 12.8 Å². The van der Waals surface area contributed by atoms with Crippen LogP contribution in [0.5, 0.6) is 0 Å². The summed E-state index contributed by atoms with van der Waals surface area (Å²) in [5.74, 6) is -0.452. The fourth-order valence-electron chi connectivity index (χ4n) is 3.17. The van der Waals surface area contributed by atoms with Crippen LogP contribution in [-0.2, 0) is 9.53 Å². The van der Waals surface area contributed by atoms with Crippen molar-refractivity contribution in [1.29, 1.82) is 0 Å². The number of benzene rings is 1. The van der Waals surface area contributed by atoms with Gasteiger partial charge in [0.05, 0.1) is 6.04 Å². The van der Waals surface area contributed by atoms with Gasteiger partial charge in [-0.2, -0.15) is 0 Å². The van der Waals surface area contributed by atoms with Gasteiger partial charge in [0, 0.05) is 12.4 Å². The predicted molar refractivity (Wildman–Crippen MR) is 100 cm³/mol. The molecule has 27 heavy (non-hydrogen) atoms. The number of fused-ring (bicyclic) bond motifs is 1. The second kappa shape index (κ2) is 7.23. The van der Waals surface area contributed by atoms with Crippen molar-refractivity contribution >= 4 is 17.5 Å². The van der Waals surface area contributed by atoms with E-state index in [1.165, 1.54) is 0 Å². The number of aromatic nitrogens is 2. The average Bonchev–Trinajstić information content (AvgIpc) is 3.43. The number of carbonyl (C=O) groups excluding carboxylic acids is 2. The highest BCUT2D eigenvalue weighted by Gasteiger charge is 2.33. The second-order valence-corrected chi connectivity index (χ2v) is 6.97. The van der Waals surface area contributed by atoms with Gasteiger partial charge < -0.3 is 14.5 Å². The first-order valence-corrected chi connectivity index (χ1v) is 9.07. The highest BCUT2D eigenvalue weighted by Crippen LogP contribution is 2.40. The Morgan fingerprint density at radius 1 is 1.26 bits per heavy atom. The standard InChI is InChI=1S/C21H21N3O3/c1-14-9-10-24-12-17(22-18(24)11-14)21(26)27-13-19(25)23-20(16-7-8-16)15-5-3-2-4-6-15/h2-6,9-12,16,20H,7-8,13H2,1H3,(H,23,25). The van der Waals surface area contributed by atoms with E-state index >= 15 is 0 Å². The monoisotopic (exact) mass is 363 g/mol. The van der Waals surface area contributed by atoms with E-state index in [1.54, 1.807) is 10.6 Å². The number of ether oxygens (including phenoxy) is 1. The lowest BCUT2D eigenvalue weighted by molar-refractivity contribution is -0.125. The van der Waals surface area contributed by atoms with Crippen LogP contribution in [0.25, 0.3) is 5.65 Å². The summed E-state index contributed by atoms with van der Waals surface area (Å²) in [5, 5.41) is 2.99. The molecule has 1 saturated carbocycles. The first-order chi connectivity index (χ1) is 13.1. The molecule has 2 heterocycles. The lowest BCUT2D eigenvalue weighted by atomic mass is 10.0. The van der Waals surface area contributed by atoms with Gasteiger partial charge in [0.1, 0.15) is 5.65 Å². The Morgan fingerprint density at radius 3 is 2.78 bits per heavy atom. The highest BCUT2D eigenvalue weighted by atomic mass is 16.5. The van der Waals surface area contributed by atoms with E-state index in [9.17, 15) is 9.59 Å². The van der Waals surface area contributed by atoms with Crippen molar-refractivity contribution in [2.24, 2.45) is 5.92 Å². The summed E-state index contributed by atoms with van der Waals surface area (Å²) < 4.78 is 6.91. The fraction of sp³-hybridized carbons (Fsp3) is 0.286. The zero-order valence-electron chi connectivity index (χ0n) is 15.1. The molecule has 0 radical (unpaired) electrons. The molecule has 1 amide bonds. The molecule has 1 fully saturated rings. The minimum Gasteiger partial charge on any atom is -0.451 e. The quantitative estimate of drug-likeness (QED) is 0.683. The number of hydrogen-bond donors (Lipinski definition) is 1.